The monoisotopic (exact) mass is 608 g/mol. The van der Waals surface area contributed by atoms with E-state index in [1.165, 1.54) is 51.9 Å². The second kappa shape index (κ2) is 11.9. The zero-order valence-electron chi connectivity index (χ0n) is 23.6. The molecule has 0 spiro atoms. The summed E-state index contributed by atoms with van der Waals surface area (Å²) in [4.78, 5) is 35.8. The van der Waals surface area contributed by atoms with Gasteiger partial charge in [0.2, 0.25) is 5.91 Å². The van der Waals surface area contributed by atoms with Gasteiger partial charge in [0.15, 0.2) is 11.0 Å². The van der Waals surface area contributed by atoms with Gasteiger partial charge in [0.1, 0.15) is 12.1 Å². The number of amides is 3. The number of alkyl halides is 3. The third kappa shape index (κ3) is 6.88. The Morgan fingerprint density at radius 1 is 1.07 bits per heavy atom. The predicted octanol–water partition coefficient (Wildman–Crippen LogP) is 7.24. The van der Waals surface area contributed by atoms with Gasteiger partial charge >= 0.3 is 12.4 Å². The molecular weight excluding hydrogens is 581 g/mol. The topological polar surface area (TPSA) is 102 Å². The summed E-state index contributed by atoms with van der Waals surface area (Å²) in [5.41, 5.74) is 5.18. The van der Waals surface area contributed by atoms with Gasteiger partial charge in [-0.25, -0.2) is 14.5 Å². The molecule has 222 valence electrons. The van der Waals surface area contributed by atoms with E-state index >= 15 is 0 Å². The van der Waals surface area contributed by atoms with Gasteiger partial charge in [0, 0.05) is 11.3 Å². The molecule has 0 bridgehead atoms. The number of anilines is 2. The molecule has 1 N–H and O–H groups in total. The number of carbonyl (C=O) groups excluding carboxylic acids is 2. The van der Waals surface area contributed by atoms with Crippen molar-refractivity contribution in [1.29, 1.82) is 0 Å². The maximum absolute atomic E-state index is 12.9. The van der Waals surface area contributed by atoms with Gasteiger partial charge in [-0.3, -0.25) is 9.69 Å². The number of benzene rings is 3. The smallest absolute Gasteiger partial charge is 0.406 e. The molecule has 43 heavy (non-hydrogen) atoms. The number of ether oxygens (including phenoxy) is 1. The van der Waals surface area contributed by atoms with Crippen LogP contribution in [0.2, 0.25) is 0 Å². The van der Waals surface area contributed by atoms with Crippen LogP contribution in [0.25, 0.3) is 17.1 Å². The molecule has 3 aromatic carbocycles. The molecule has 0 aliphatic carbocycles. The lowest BCUT2D eigenvalue weighted by Crippen LogP contribution is -2.31. The fourth-order valence-corrected chi connectivity index (χ4v) is 5.42. The summed E-state index contributed by atoms with van der Waals surface area (Å²) < 4.78 is 42.6. The fraction of sp³-hybridized carbons (Fsp3) is 0.233. The first-order valence-electron chi connectivity index (χ1n) is 13.2. The number of aryl methyl sites for hydroxylation is 2. The number of urea groups is 1. The molecule has 1 aliphatic rings. The first-order valence-corrected chi connectivity index (χ1v) is 14.2. The SMILES string of the molecule is Cc1ccc(C(C)C)c(N2C(=O)CS/C2=N\C(=O)Nc2ccc(-c3ncn(-c4ccc(OC(F)(F)F)cc4)n3)c(C)c2)c1. The standard InChI is InChI=1S/C30H27F3N6O3S/c1-17(2)23-11-5-18(3)13-25(23)39-26(40)15-43-29(39)36-28(41)35-20-6-12-24(19(4)14-20)27-34-16-38(37-27)21-7-9-22(10-8-21)42-30(31,32)33/h5-14,16-17H,15H2,1-4H3,(H,35,41)/b36-29-. The van der Waals surface area contributed by atoms with Crippen molar-refractivity contribution in [2.45, 2.75) is 40.0 Å². The Hall–Kier alpha value is -4.65. The number of aromatic nitrogens is 3. The Labute approximate surface area is 249 Å². The molecule has 1 saturated heterocycles. The van der Waals surface area contributed by atoms with Crippen molar-refractivity contribution in [3.05, 3.63) is 83.7 Å². The number of thioether (sulfide) groups is 1. The lowest BCUT2D eigenvalue weighted by atomic mass is 9.99. The third-order valence-corrected chi connectivity index (χ3v) is 7.48. The zero-order chi connectivity index (χ0) is 30.9. The number of nitrogens with one attached hydrogen (secondary N) is 1. The second-order valence-corrected chi connectivity index (χ2v) is 11.1. The summed E-state index contributed by atoms with van der Waals surface area (Å²) in [6, 6.07) is 15.8. The summed E-state index contributed by atoms with van der Waals surface area (Å²) >= 11 is 1.21. The van der Waals surface area contributed by atoms with E-state index in [-0.39, 0.29) is 23.3 Å². The van der Waals surface area contributed by atoms with Gasteiger partial charge in [0.05, 0.1) is 17.1 Å². The van der Waals surface area contributed by atoms with Crippen LogP contribution in [0.4, 0.5) is 29.3 Å². The van der Waals surface area contributed by atoms with Crippen LogP contribution in [0.5, 0.6) is 5.75 Å². The van der Waals surface area contributed by atoms with Gasteiger partial charge in [-0.15, -0.1) is 18.3 Å². The Balaban J connectivity index is 1.31. The van der Waals surface area contributed by atoms with Crippen LogP contribution in [0, 0.1) is 13.8 Å². The average Bonchev–Trinajstić information content (AvgIpc) is 3.55. The predicted molar refractivity (Wildman–Crippen MR) is 160 cm³/mol. The van der Waals surface area contributed by atoms with Crippen molar-refractivity contribution < 1.29 is 27.5 Å². The summed E-state index contributed by atoms with van der Waals surface area (Å²) in [5.74, 6) is 0.279. The van der Waals surface area contributed by atoms with Crippen LogP contribution in [0.1, 0.15) is 36.5 Å². The Morgan fingerprint density at radius 2 is 1.81 bits per heavy atom. The fourth-order valence-electron chi connectivity index (χ4n) is 4.56. The van der Waals surface area contributed by atoms with E-state index in [1.54, 1.807) is 18.2 Å². The maximum Gasteiger partial charge on any atom is 0.573 e. The number of hydrogen-bond acceptors (Lipinski definition) is 6. The number of amidine groups is 1. The summed E-state index contributed by atoms with van der Waals surface area (Å²) in [6.45, 7) is 7.88. The van der Waals surface area contributed by atoms with Gasteiger partial charge in [-0.2, -0.15) is 4.99 Å². The van der Waals surface area contributed by atoms with Gasteiger partial charge < -0.3 is 10.1 Å². The highest BCUT2D eigenvalue weighted by molar-refractivity contribution is 8.15. The highest BCUT2D eigenvalue weighted by Crippen LogP contribution is 2.34. The first-order chi connectivity index (χ1) is 20.4. The molecule has 0 saturated carbocycles. The normalized spacial score (nSPS) is 14.6. The average molecular weight is 609 g/mol. The number of halogens is 3. The largest absolute Gasteiger partial charge is 0.573 e. The Bertz CT molecular complexity index is 1720. The quantitative estimate of drug-likeness (QED) is 0.248. The van der Waals surface area contributed by atoms with Crippen molar-refractivity contribution in [1.82, 2.24) is 14.8 Å². The molecule has 5 rings (SSSR count). The molecule has 1 fully saturated rings. The van der Waals surface area contributed by atoms with Crippen molar-refractivity contribution in [2.75, 3.05) is 16.0 Å². The molecule has 3 amide bonds. The van der Waals surface area contributed by atoms with Crippen molar-refractivity contribution in [3.8, 4) is 22.8 Å². The van der Waals surface area contributed by atoms with Crippen LogP contribution >= 0.6 is 11.8 Å². The van der Waals surface area contributed by atoms with Crippen molar-refractivity contribution in [3.63, 3.8) is 0 Å². The van der Waals surface area contributed by atoms with E-state index in [0.29, 0.717) is 27.9 Å². The van der Waals surface area contributed by atoms with E-state index in [0.717, 1.165) is 22.4 Å². The molecule has 13 heteroatoms. The highest BCUT2D eigenvalue weighted by atomic mass is 32.2. The number of aliphatic imine (C=N–C) groups is 1. The van der Waals surface area contributed by atoms with Crippen molar-refractivity contribution in [2.24, 2.45) is 4.99 Å². The summed E-state index contributed by atoms with van der Waals surface area (Å²) in [7, 11) is 0. The van der Waals surface area contributed by atoms with Crippen LogP contribution in [-0.2, 0) is 4.79 Å². The summed E-state index contributed by atoms with van der Waals surface area (Å²) in [6.07, 6.45) is -3.32. The van der Waals surface area contributed by atoms with Gasteiger partial charge in [-0.05, 0) is 85.0 Å². The van der Waals surface area contributed by atoms with E-state index in [2.05, 4.69) is 25.1 Å². The molecule has 0 atom stereocenters. The maximum atomic E-state index is 12.9. The number of rotatable bonds is 6. The third-order valence-electron chi connectivity index (χ3n) is 6.56. The minimum absolute atomic E-state index is 0.137. The van der Waals surface area contributed by atoms with Crippen LogP contribution in [0.15, 0.2) is 72.0 Å². The number of hydrogen-bond donors (Lipinski definition) is 1. The second-order valence-electron chi connectivity index (χ2n) is 10.1. The lowest BCUT2D eigenvalue weighted by molar-refractivity contribution is -0.274. The zero-order valence-corrected chi connectivity index (χ0v) is 24.5. The summed E-state index contributed by atoms with van der Waals surface area (Å²) in [5, 5.41) is 7.51. The van der Waals surface area contributed by atoms with Gasteiger partial charge in [-0.1, -0.05) is 37.7 Å². The molecule has 1 aromatic heterocycles. The molecule has 0 radical (unpaired) electrons. The van der Waals surface area contributed by atoms with E-state index in [1.807, 2.05) is 45.9 Å². The number of carbonyl (C=O) groups is 2. The Kier molecular flexibility index (Phi) is 8.27. The van der Waals surface area contributed by atoms with E-state index in [9.17, 15) is 22.8 Å². The van der Waals surface area contributed by atoms with Crippen LogP contribution < -0.4 is 15.0 Å². The minimum atomic E-state index is -4.77. The number of nitrogens with zero attached hydrogens (tertiary/aromatic N) is 5. The minimum Gasteiger partial charge on any atom is -0.406 e. The van der Waals surface area contributed by atoms with Gasteiger partial charge in [0.25, 0.3) is 0 Å². The van der Waals surface area contributed by atoms with Crippen LogP contribution in [0.3, 0.4) is 0 Å². The Morgan fingerprint density at radius 3 is 2.49 bits per heavy atom. The van der Waals surface area contributed by atoms with E-state index < -0.39 is 12.4 Å². The van der Waals surface area contributed by atoms with E-state index in [4.69, 9.17) is 0 Å². The first kappa shape index (κ1) is 29.8. The lowest BCUT2D eigenvalue weighted by Gasteiger charge is -2.22. The highest BCUT2D eigenvalue weighted by Gasteiger charge is 2.33. The molecule has 0 unspecified atom stereocenters. The molecule has 4 aromatic rings. The van der Waals surface area contributed by atoms with Crippen molar-refractivity contribution >= 4 is 40.2 Å². The molecular formula is C30H27F3N6O3S. The van der Waals surface area contributed by atoms with Crippen LogP contribution in [-0.4, -0.2) is 44.0 Å². The molecule has 9 nitrogen and oxygen atoms in total. The molecule has 1 aliphatic heterocycles. The molecule has 2 heterocycles.